The molecule has 20 heavy (non-hydrogen) atoms. The maximum atomic E-state index is 5.23. The summed E-state index contributed by atoms with van der Waals surface area (Å²) in [5.41, 5.74) is 0. The van der Waals surface area contributed by atoms with Crippen LogP contribution >= 0.6 is 12.2 Å². The second-order valence-electron chi connectivity index (χ2n) is 5.98. The van der Waals surface area contributed by atoms with Gasteiger partial charge in [0.05, 0.1) is 0 Å². The molecule has 1 aromatic rings. The molecule has 3 rings (SSSR count). The van der Waals surface area contributed by atoms with Crippen LogP contribution in [0.3, 0.4) is 0 Å². The third kappa shape index (κ3) is 4.03. The number of rotatable bonds is 7. The molecule has 2 N–H and O–H groups in total. The molecule has 0 spiro atoms. The van der Waals surface area contributed by atoms with Gasteiger partial charge < -0.3 is 15.2 Å². The van der Waals surface area contributed by atoms with Crippen molar-refractivity contribution in [2.75, 3.05) is 31.5 Å². The zero-order valence-electron chi connectivity index (χ0n) is 12.0. The normalized spacial score (nSPS) is 19.4. The van der Waals surface area contributed by atoms with Gasteiger partial charge in [-0.05, 0) is 58.2 Å². The Kier molecular flexibility index (Phi) is 4.68. The average Bonchev–Trinajstić information content (AvgIpc) is 3.16. The molecule has 2 fully saturated rings. The Balaban J connectivity index is 1.40. The van der Waals surface area contributed by atoms with E-state index in [0.29, 0.717) is 10.6 Å². The van der Waals surface area contributed by atoms with Crippen molar-refractivity contribution in [3.8, 4) is 0 Å². The molecule has 1 aliphatic carbocycles. The lowest BCUT2D eigenvalue weighted by Gasteiger charge is -2.14. The van der Waals surface area contributed by atoms with E-state index >= 15 is 0 Å². The van der Waals surface area contributed by atoms with Crippen LogP contribution in [0.2, 0.25) is 0 Å². The largest absolute Gasteiger partial charge is 0.372 e. The van der Waals surface area contributed by atoms with Crippen molar-refractivity contribution < 1.29 is 0 Å². The standard InChI is InChI=1S/C15H24N4S/c20-14-11-13(17-15(18-14)12-5-6-12)16-7-1-2-8-19-9-3-4-10-19/h11-12H,1-10H2,(H2,16,17,18,20). The fraction of sp³-hybridized carbons (Fsp3) is 0.733. The number of likely N-dealkylation sites (tertiary alicyclic amines) is 1. The topological polar surface area (TPSA) is 44.0 Å². The lowest BCUT2D eigenvalue weighted by Crippen LogP contribution is -2.20. The van der Waals surface area contributed by atoms with Gasteiger partial charge in [0.2, 0.25) is 0 Å². The smallest absolute Gasteiger partial charge is 0.131 e. The number of anilines is 1. The van der Waals surface area contributed by atoms with E-state index < -0.39 is 0 Å². The third-order valence-electron chi connectivity index (χ3n) is 4.14. The van der Waals surface area contributed by atoms with Gasteiger partial charge in [-0.3, -0.25) is 0 Å². The summed E-state index contributed by atoms with van der Waals surface area (Å²) in [6.07, 6.45) is 7.74. The quantitative estimate of drug-likeness (QED) is 0.598. The zero-order chi connectivity index (χ0) is 13.8. The van der Waals surface area contributed by atoms with E-state index in [0.717, 1.165) is 18.2 Å². The molecule has 1 saturated carbocycles. The maximum absolute atomic E-state index is 5.23. The van der Waals surface area contributed by atoms with Crippen molar-refractivity contribution in [2.24, 2.45) is 0 Å². The highest BCUT2D eigenvalue weighted by atomic mass is 32.1. The van der Waals surface area contributed by atoms with E-state index in [4.69, 9.17) is 12.2 Å². The number of H-pyrrole nitrogens is 1. The van der Waals surface area contributed by atoms with Gasteiger partial charge in [0.25, 0.3) is 0 Å². The summed E-state index contributed by atoms with van der Waals surface area (Å²) < 4.78 is 0.699. The molecule has 5 heteroatoms. The number of aromatic amines is 1. The average molecular weight is 292 g/mol. The molecule has 4 nitrogen and oxygen atoms in total. The van der Waals surface area contributed by atoms with Crippen molar-refractivity contribution >= 4 is 18.0 Å². The predicted octanol–water partition coefficient (Wildman–Crippen LogP) is 3.30. The Bertz CT molecular complexity index is 489. The molecule has 0 aromatic carbocycles. The fourth-order valence-electron chi connectivity index (χ4n) is 2.81. The Morgan fingerprint density at radius 1 is 1.30 bits per heavy atom. The van der Waals surface area contributed by atoms with Gasteiger partial charge >= 0.3 is 0 Å². The lowest BCUT2D eigenvalue weighted by atomic mass is 10.3. The molecule has 1 aromatic heterocycles. The predicted molar refractivity (Wildman–Crippen MR) is 84.8 cm³/mol. The molecule has 2 aliphatic rings. The molecular weight excluding hydrogens is 268 g/mol. The highest BCUT2D eigenvalue weighted by Gasteiger charge is 2.25. The molecule has 110 valence electrons. The minimum Gasteiger partial charge on any atom is -0.372 e. The summed E-state index contributed by atoms with van der Waals surface area (Å²) in [4.78, 5) is 10.4. The molecule has 1 aliphatic heterocycles. The molecule has 0 unspecified atom stereocenters. The maximum Gasteiger partial charge on any atom is 0.131 e. The minimum absolute atomic E-state index is 0.619. The van der Waals surface area contributed by atoms with E-state index in [9.17, 15) is 0 Å². The zero-order valence-corrected chi connectivity index (χ0v) is 12.8. The van der Waals surface area contributed by atoms with E-state index in [2.05, 4.69) is 20.2 Å². The van der Waals surface area contributed by atoms with Crippen LogP contribution in [0.5, 0.6) is 0 Å². The Morgan fingerprint density at radius 2 is 2.10 bits per heavy atom. The lowest BCUT2D eigenvalue weighted by molar-refractivity contribution is 0.331. The summed E-state index contributed by atoms with van der Waals surface area (Å²) in [6.45, 7) is 4.86. The first-order chi connectivity index (χ1) is 9.81. The SMILES string of the molecule is S=c1cc(NCCCCN2CCCC2)[nH]c(C2CC2)n1. The van der Waals surface area contributed by atoms with Crippen LogP contribution in [0, 0.1) is 4.64 Å². The Morgan fingerprint density at radius 3 is 2.85 bits per heavy atom. The molecule has 2 heterocycles. The molecule has 0 atom stereocenters. The Hall–Kier alpha value is -0.940. The van der Waals surface area contributed by atoms with Crippen molar-refractivity contribution in [3.05, 3.63) is 16.5 Å². The minimum atomic E-state index is 0.619. The van der Waals surface area contributed by atoms with Crippen LogP contribution < -0.4 is 5.32 Å². The summed E-state index contributed by atoms with van der Waals surface area (Å²) in [6, 6.07) is 1.93. The van der Waals surface area contributed by atoms with Gasteiger partial charge in [-0.15, -0.1) is 0 Å². The van der Waals surface area contributed by atoms with Gasteiger partial charge in [0, 0.05) is 18.5 Å². The first-order valence-electron chi connectivity index (χ1n) is 7.89. The van der Waals surface area contributed by atoms with E-state index in [1.54, 1.807) is 0 Å². The monoisotopic (exact) mass is 292 g/mol. The van der Waals surface area contributed by atoms with Crippen molar-refractivity contribution in [1.82, 2.24) is 14.9 Å². The highest BCUT2D eigenvalue weighted by Crippen LogP contribution is 2.38. The van der Waals surface area contributed by atoms with Crippen LogP contribution in [-0.2, 0) is 0 Å². The second kappa shape index (κ2) is 6.68. The van der Waals surface area contributed by atoms with Crippen molar-refractivity contribution in [2.45, 2.75) is 44.4 Å². The number of unbranched alkanes of at least 4 members (excludes halogenated alkanes) is 1. The number of aromatic nitrogens is 2. The summed E-state index contributed by atoms with van der Waals surface area (Å²) in [5, 5.41) is 3.45. The van der Waals surface area contributed by atoms with Crippen molar-refractivity contribution in [1.29, 1.82) is 0 Å². The van der Waals surface area contributed by atoms with Gasteiger partial charge in [0.15, 0.2) is 0 Å². The first-order valence-corrected chi connectivity index (χ1v) is 8.29. The molecule has 0 radical (unpaired) electrons. The fourth-order valence-corrected chi connectivity index (χ4v) is 3.03. The van der Waals surface area contributed by atoms with Gasteiger partial charge in [-0.25, -0.2) is 4.98 Å². The Labute approximate surface area is 126 Å². The number of hydrogen-bond donors (Lipinski definition) is 2. The van der Waals surface area contributed by atoms with Gasteiger partial charge in [-0.1, -0.05) is 12.2 Å². The van der Waals surface area contributed by atoms with Crippen LogP contribution in [-0.4, -0.2) is 41.0 Å². The molecule has 0 amide bonds. The van der Waals surface area contributed by atoms with Gasteiger partial charge in [-0.2, -0.15) is 0 Å². The van der Waals surface area contributed by atoms with E-state index in [1.165, 1.54) is 58.2 Å². The number of nitrogens with one attached hydrogen (secondary N) is 2. The summed E-state index contributed by atoms with van der Waals surface area (Å²) in [7, 11) is 0. The van der Waals surface area contributed by atoms with Crippen LogP contribution in [0.15, 0.2) is 6.07 Å². The number of hydrogen-bond acceptors (Lipinski definition) is 4. The van der Waals surface area contributed by atoms with Gasteiger partial charge in [0.1, 0.15) is 16.3 Å². The molecule has 1 saturated heterocycles. The summed E-state index contributed by atoms with van der Waals surface area (Å²) in [5.74, 6) is 2.72. The van der Waals surface area contributed by atoms with Crippen LogP contribution in [0.1, 0.15) is 50.3 Å². The van der Waals surface area contributed by atoms with E-state index in [1.807, 2.05) is 6.07 Å². The van der Waals surface area contributed by atoms with E-state index in [-0.39, 0.29) is 0 Å². The summed E-state index contributed by atoms with van der Waals surface area (Å²) >= 11 is 5.23. The second-order valence-corrected chi connectivity index (χ2v) is 6.39. The van der Waals surface area contributed by atoms with Crippen LogP contribution in [0.25, 0.3) is 0 Å². The molecular formula is C15H24N4S. The number of nitrogens with zero attached hydrogens (tertiary/aromatic N) is 2. The highest BCUT2D eigenvalue weighted by molar-refractivity contribution is 7.71. The third-order valence-corrected chi connectivity index (χ3v) is 4.35. The first kappa shape index (κ1) is 14.0. The molecule has 0 bridgehead atoms. The van der Waals surface area contributed by atoms with Crippen molar-refractivity contribution in [3.63, 3.8) is 0 Å². The van der Waals surface area contributed by atoms with Crippen LogP contribution in [0.4, 0.5) is 5.82 Å².